The third-order valence-electron chi connectivity index (χ3n) is 2.89. The van der Waals surface area contributed by atoms with Crippen LogP contribution in [0.4, 0.5) is 0 Å². The summed E-state index contributed by atoms with van der Waals surface area (Å²) in [4.78, 5) is 0. The van der Waals surface area contributed by atoms with Crippen LogP contribution in [0.15, 0.2) is 60.7 Å². The van der Waals surface area contributed by atoms with Crippen molar-refractivity contribution >= 4 is 0 Å². The molecule has 2 aromatic carbocycles. The fraction of sp³-hybridized carbons (Fsp3) is 0.200. The normalized spacial score (nSPS) is 14.2. The quantitative estimate of drug-likeness (QED) is 0.786. The highest BCUT2D eigenvalue weighted by Gasteiger charge is 2.10. The van der Waals surface area contributed by atoms with Crippen molar-refractivity contribution in [2.75, 3.05) is 0 Å². The molecule has 0 radical (unpaired) electrons. The summed E-state index contributed by atoms with van der Waals surface area (Å²) in [5, 5.41) is 3.39. The predicted molar refractivity (Wildman–Crippen MR) is 71.4 cm³/mol. The first kappa shape index (κ1) is 11.8. The Balaban J connectivity index is 2.02. The van der Waals surface area contributed by atoms with Crippen molar-refractivity contribution in [1.82, 2.24) is 5.32 Å². The van der Waals surface area contributed by atoms with Crippen molar-refractivity contribution in [3.05, 3.63) is 71.8 Å². The van der Waals surface area contributed by atoms with Crippen LogP contribution in [0.2, 0.25) is 0 Å². The highest BCUT2D eigenvalue weighted by atomic mass is 15.0. The third kappa shape index (κ3) is 3.16. The van der Waals surface area contributed by atoms with E-state index in [1.165, 1.54) is 5.56 Å². The maximum Gasteiger partial charge on any atom is 0.0814 e. The summed E-state index contributed by atoms with van der Waals surface area (Å²) in [7, 11) is 0. The third-order valence-corrected chi connectivity index (χ3v) is 2.89. The fourth-order valence-electron chi connectivity index (χ4n) is 1.86. The minimum Gasteiger partial charge on any atom is -0.312 e. The van der Waals surface area contributed by atoms with Gasteiger partial charge in [-0.05, 0) is 18.1 Å². The molecule has 0 heterocycles. The molecule has 0 aliphatic heterocycles. The van der Waals surface area contributed by atoms with E-state index in [1.807, 2.05) is 48.5 Å². The molecule has 0 aliphatic carbocycles. The fourth-order valence-corrected chi connectivity index (χ4v) is 1.86. The minimum absolute atomic E-state index is 0.133. The summed E-state index contributed by atoms with van der Waals surface area (Å²) in [6.07, 6.45) is -0.133. The second-order valence-corrected chi connectivity index (χ2v) is 4.19. The zero-order valence-corrected chi connectivity index (χ0v) is 10.0. The monoisotopic (exact) mass is 226 g/mol. The van der Waals surface area contributed by atoms with Gasteiger partial charge in [0.05, 0.1) is 6.17 Å². The number of rotatable bonds is 4. The standard InChI is InChI=1S/C15H18N2/c1-12(13-8-4-2-5-9-13)17-15(16)14-10-6-3-7-11-14/h2-12,15,17H,16H2,1H3/t12-,15+/m0/s1. The summed E-state index contributed by atoms with van der Waals surface area (Å²) in [6.45, 7) is 2.12. The SMILES string of the molecule is C[C@H](N[C@@H](N)c1ccccc1)c1ccccc1. The molecule has 0 bridgehead atoms. The second kappa shape index (κ2) is 5.62. The molecule has 0 amide bonds. The maximum absolute atomic E-state index is 6.12. The van der Waals surface area contributed by atoms with Crippen molar-refractivity contribution in [3.8, 4) is 0 Å². The lowest BCUT2D eigenvalue weighted by Crippen LogP contribution is -2.30. The van der Waals surface area contributed by atoms with Gasteiger partial charge in [-0.3, -0.25) is 5.32 Å². The Morgan fingerprint density at radius 1 is 0.824 bits per heavy atom. The number of nitrogens with two attached hydrogens (primary N) is 1. The number of hydrogen-bond donors (Lipinski definition) is 2. The van der Waals surface area contributed by atoms with E-state index in [2.05, 4.69) is 24.4 Å². The Morgan fingerprint density at radius 3 is 1.82 bits per heavy atom. The first-order valence-electron chi connectivity index (χ1n) is 5.89. The summed E-state index contributed by atoms with van der Waals surface area (Å²) in [6, 6.07) is 20.6. The predicted octanol–water partition coefficient (Wildman–Crippen LogP) is 2.99. The number of benzene rings is 2. The van der Waals surface area contributed by atoms with Crippen molar-refractivity contribution in [1.29, 1.82) is 0 Å². The second-order valence-electron chi connectivity index (χ2n) is 4.19. The molecule has 17 heavy (non-hydrogen) atoms. The van der Waals surface area contributed by atoms with Crippen LogP contribution in [0.25, 0.3) is 0 Å². The molecule has 3 N–H and O–H groups in total. The molecule has 0 unspecified atom stereocenters. The van der Waals surface area contributed by atoms with Crippen LogP contribution in [0, 0.1) is 0 Å². The molecule has 0 aliphatic rings. The molecular weight excluding hydrogens is 208 g/mol. The molecule has 2 aromatic rings. The zero-order valence-electron chi connectivity index (χ0n) is 10.0. The van der Waals surface area contributed by atoms with E-state index in [0.29, 0.717) is 0 Å². The van der Waals surface area contributed by atoms with E-state index >= 15 is 0 Å². The maximum atomic E-state index is 6.12. The van der Waals surface area contributed by atoms with Crippen LogP contribution in [0.1, 0.15) is 30.3 Å². The van der Waals surface area contributed by atoms with Crippen molar-refractivity contribution < 1.29 is 0 Å². The van der Waals surface area contributed by atoms with Gasteiger partial charge in [0, 0.05) is 6.04 Å². The number of hydrogen-bond acceptors (Lipinski definition) is 2. The average Bonchev–Trinajstić information content (AvgIpc) is 2.40. The van der Waals surface area contributed by atoms with Gasteiger partial charge in [0.25, 0.3) is 0 Å². The van der Waals surface area contributed by atoms with Gasteiger partial charge in [-0.25, -0.2) is 0 Å². The van der Waals surface area contributed by atoms with Crippen LogP contribution in [0.3, 0.4) is 0 Å². The first-order chi connectivity index (χ1) is 8.27. The van der Waals surface area contributed by atoms with E-state index in [-0.39, 0.29) is 12.2 Å². The average molecular weight is 226 g/mol. The molecule has 2 nitrogen and oxygen atoms in total. The molecule has 88 valence electrons. The van der Waals surface area contributed by atoms with Crippen LogP contribution >= 0.6 is 0 Å². The molecule has 0 saturated carbocycles. The van der Waals surface area contributed by atoms with Crippen LogP contribution < -0.4 is 11.1 Å². The molecule has 0 aromatic heterocycles. The molecule has 0 fully saturated rings. The molecule has 0 spiro atoms. The smallest absolute Gasteiger partial charge is 0.0814 e. The molecule has 2 rings (SSSR count). The number of nitrogens with one attached hydrogen (secondary N) is 1. The summed E-state index contributed by atoms with van der Waals surface area (Å²) >= 11 is 0. The van der Waals surface area contributed by atoms with Crippen LogP contribution in [-0.2, 0) is 0 Å². The van der Waals surface area contributed by atoms with E-state index in [0.717, 1.165) is 5.56 Å². The van der Waals surface area contributed by atoms with E-state index in [4.69, 9.17) is 5.73 Å². The van der Waals surface area contributed by atoms with Gasteiger partial charge in [0.1, 0.15) is 0 Å². The Hall–Kier alpha value is -1.64. The molecule has 2 atom stereocenters. The lowest BCUT2D eigenvalue weighted by molar-refractivity contribution is 0.479. The largest absolute Gasteiger partial charge is 0.312 e. The summed E-state index contributed by atoms with van der Waals surface area (Å²) in [5.41, 5.74) is 8.48. The highest BCUT2D eigenvalue weighted by molar-refractivity contribution is 5.21. The Morgan fingerprint density at radius 2 is 1.29 bits per heavy atom. The van der Waals surface area contributed by atoms with Gasteiger partial charge in [-0.15, -0.1) is 0 Å². The van der Waals surface area contributed by atoms with E-state index in [1.54, 1.807) is 0 Å². The first-order valence-corrected chi connectivity index (χ1v) is 5.89. The molecule has 0 saturated heterocycles. The topological polar surface area (TPSA) is 38.0 Å². The zero-order chi connectivity index (χ0) is 12.1. The van der Waals surface area contributed by atoms with Gasteiger partial charge in [-0.2, -0.15) is 0 Å². The van der Waals surface area contributed by atoms with Gasteiger partial charge < -0.3 is 5.73 Å². The minimum atomic E-state index is -0.133. The summed E-state index contributed by atoms with van der Waals surface area (Å²) in [5.74, 6) is 0. The lowest BCUT2D eigenvalue weighted by atomic mass is 10.1. The molecular formula is C15H18N2. The summed E-state index contributed by atoms with van der Waals surface area (Å²) < 4.78 is 0. The van der Waals surface area contributed by atoms with Crippen LogP contribution in [0.5, 0.6) is 0 Å². The highest BCUT2D eigenvalue weighted by Crippen LogP contribution is 2.15. The van der Waals surface area contributed by atoms with Gasteiger partial charge >= 0.3 is 0 Å². The van der Waals surface area contributed by atoms with Crippen molar-refractivity contribution in [3.63, 3.8) is 0 Å². The Kier molecular flexibility index (Phi) is 3.91. The molecule has 2 heteroatoms. The van der Waals surface area contributed by atoms with Gasteiger partial charge in [0.2, 0.25) is 0 Å². The van der Waals surface area contributed by atoms with E-state index < -0.39 is 0 Å². The Labute approximate surface area is 102 Å². The van der Waals surface area contributed by atoms with Crippen molar-refractivity contribution in [2.45, 2.75) is 19.1 Å². The van der Waals surface area contributed by atoms with Crippen molar-refractivity contribution in [2.24, 2.45) is 5.73 Å². The van der Waals surface area contributed by atoms with Gasteiger partial charge in [-0.1, -0.05) is 60.7 Å². The Bertz CT molecular complexity index is 395. The lowest BCUT2D eigenvalue weighted by Gasteiger charge is -2.20. The van der Waals surface area contributed by atoms with E-state index in [9.17, 15) is 0 Å². The van der Waals surface area contributed by atoms with Crippen LogP contribution in [-0.4, -0.2) is 0 Å². The van der Waals surface area contributed by atoms with Gasteiger partial charge in [0.15, 0.2) is 0 Å².